The molecule has 0 aliphatic rings. The highest BCUT2D eigenvalue weighted by atomic mass is 16.6. The zero-order chi connectivity index (χ0) is 13.7. The summed E-state index contributed by atoms with van der Waals surface area (Å²) in [4.78, 5) is 12.2. The molecule has 1 unspecified atom stereocenters. The van der Waals surface area contributed by atoms with E-state index in [0.717, 1.165) is 0 Å². The number of aliphatic hydroxyl groups is 1. The Labute approximate surface area is 106 Å². The van der Waals surface area contributed by atoms with Crippen LogP contribution in [0.2, 0.25) is 0 Å². The average molecular weight is 254 g/mol. The Morgan fingerprint density at radius 1 is 1.50 bits per heavy atom. The van der Waals surface area contributed by atoms with Gasteiger partial charge in [0.2, 0.25) is 0 Å². The Kier molecular flexibility index (Phi) is 4.91. The molecule has 1 atom stereocenters. The Morgan fingerprint density at radius 3 is 2.67 bits per heavy atom. The molecule has 1 aromatic rings. The van der Waals surface area contributed by atoms with E-state index in [1.165, 1.54) is 19.2 Å². The minimum Gasteiger partial charge on any atom is -0.496 e. The first kappa shape index (κ1) is 14.2. The van der Waals surface area contributed by atoms with Crippen LogP contribution in [-0.4, -0.2) is 36.8 Å². The molecule has 0 saturated carbocycles. The Bertz CT molecular complexity index is 421. The van der Waals surface area contributed by atoms with Crippen LogP contribution in [0.15, 0.2) is 18.2 Å². The molecule has 100 valence electrons. The number of non-ortho nitro benzene ring substituents is 1. The molecule has 0 radical (unpaired) electrons. The van der Waals surface area contributed by atoms with Crippen LogP contribution >= 0.6 is 0 Å². The first-order chi connectivity index (χ1) is 8.43. The molecule has 0 saturated heterocycles. The van der Waals surface area contributed by atoms with Crippen molar-refractivity contribution in [2.75, 3.05) is 25.6 Å². The maximum atomic E-state index is 10.8. The third-order valence-corrected chi connectivity index (χ3v) is 2.65. The number of nitro groups is 1. The SMILES string of the molecule is COc1cc(N(C)CCC(C)O)cc([N+](=O)[O-])c1. The van der Waals surface area contributed by atoms with Crippen LogP contribution in [0.1, 0.15) is 13.3 Å². The van der Waals surface area contributed by atoms with Crippen molar-refractivity contribution in [3.8, 4) is 5.75 Å². The van der Waals surface area contributed by atoms with Gasteiger partial charge in [-0.05, 0) is 13.3 Å². The number of nitrogens with zero attached hydrogens (tertiary/aromatic N) is 2. The highest BCUT2D eigenvalue weighted by Gasteiger charge is 2.13. The smallest absolute Gasteiger partial charge is 0.275 e. The van der Waals surface area contributed by atoms with E-state index in [2.05, 4.69) is 0 Å². The molecule has 1 N–H and O–H groups in total. The van der Waals surface area contributed by atoms with E-state index in [-0.39, 0.29) is 5.69 Å². The van der Waals surface area contributed by atoms with Crippen molar-refractivity contribution in [1.29, 1.82) is 0 Å². The van der Waals surface area contributed by atoms with Gasteiger partial charge in [-0.25, -0.2) is 0 Å². The van der Waals surface area contributed by atoms with E-state index in [4.69, 9.17) is 4.74 Å². The van der Waals surface area contributed by atoms with E-state index in [9.17, 15) is 15.2 Å². The summed E-state index contributed by atoms with van der Waals surface area (Å²) >= 11 is 0. The highest BCUT2D eigenvalue weighted by molar-refractivity contribution is 5.57. The Morgan fingerprint density at radius 2 is 2.17 bits per heavy atom. The highest BCUT2D eigenvalue weighted by Crippen LogP contribution is 2.27. The van der Waals surface area contributed by atoms with Crippen molar-refractivity contribution in [3.63, 3.8) is 0 Å². The van der Waals surface area contributed by atoms with Crippen molar-refractivity contribution < 1.29 is 14.8 Å². The van der Waals surface area contributed by atoms with E-state index in [1.54, 1.807) is 13.0 Å². The van der Waals surface area contributed by atoms with E-state index in [0.29, 0.717) is 24.4 Å². The fourth-order valence-electron chi connectivity index (χ4n) is 1.52. The third-order valence-electron chi connectivity index (χ3n) is 2.65. The summed E-state index contributed by atoms with van der Waals surface area (Å²) in [6.45, 7) is 2.32. The molecule has 1 rings (SSSR count). The first-order valence-corrected chi connectivity index (χ1v) is 5.66. The molecule has 18 heavy (non-hydrogen) atoms. The van der Waals surface area contributed by atoms with Gasteiger partial charge in [0.25, 0.3) is 5.69 Å². The zero-order valence-electron chi connectivity index (χ0n) is 10.8. The monoisotopic (exact) mass is 254 g/mol. The van der Waals surface area contributed by atoms with Crippen molar-refractivity contribution in [2.45, 2.75) is 19.4 Å². The van der Waals surface area contributed by atoms with Gasteiger partial charge in [0.1, 0.15) is 5.75 Å². The minimum absolute atomic E-state index is 0.00625. The van der Waals surface area contributed by atoms with Gasteiger partial charge in [-0.3, -0.25) is 10.1 Å². The zero-order valence-corrected chi connectivity index (χ0v) is 10.8. The molecule has 0 spiro atoms. The van der Waals surface area contributed by atoms with Crippen molar-refractivity contribution in [1.82, 2.24) is 0 Å². The lowest BCUT2D eigenvalue weighted by atomic mass is 10.2. The van der Waals surface area contributed by atoms with Crippen LogP contribution in [-0.2, 0) is 0 Å². The van der Waals surface area contributed by atoms with E-state index < -0.39 is 11.0 Å². The third kappa shape index (κ3) is 3.89. The normalized spacial score (nSPS) is 12.0. The van der Waals surface area contributed by atoms with Gasteiger partial charge in [-0.1, -0.05) is 0 Å². The lowest BCUT2D eigenvalue weighted by Gasteiger charge is -2.20. The van der Waals surface area contributed by atoms with Gasteiger partial charge in [0.15, 0.2) is 0 Å². The molecule has 0 fully saturated rings. The summed E-state index contributed by atoms with van der Waals surface area (Å²) in [6, 6.07) is 4.60. The molecule has 1 aromatic carbocycles. The molecule has 0 heterocycles. The summed E-state index contributed by atoms with van der Waals surface area (Å²) in [5.41, 5.74) is 0.690. The molecule has 0 amide bonds. The second-order valence-corrected chi connectivity index (χ2v) is 4.21. The van der Waals surface area contributed by atoms with E-state index in [1.807, 2.05) is 11.9 Å². The number of hydrogen-bond acceptors (Lipinski definition) is 5. The summed E-state index contributed by atoms with van der Waals surface area (Å²) in [6.07, 6.45) is 0.203. The number of aliphatic hydroxyl groups excluding tert-OH is 1. The summed E-state index contributed by atoms with van der Waals surface area (Å²) < 4.78 is 5.04. The van der Waals surface area contributed by atoms with Gasteiger partial charge >= 0.3 is 0 Å². The summed E-state index contributed by atoms with van der Waals surface area (Å²) in [5.74, 6) is 0.447. The molecular weight excluding hydrogens is 236 g/mol. The van der Waals surface area contributed by atoms with Gasteiger partial charge in [-0.15, -0.1) is 0 Å². The average Bonchev–Trinajstić information content (AvgIpc) is 2.35. The summed E-state index contributed by atoms with van der Waals surface area (Å²) in [7, 11) is 3.29. The maximum Gasteiger partial charge on any atom is 0.275 e. The molecule has 0 bridgehead atoms. The van der Waals surface area contributed by atoms with Crippen molar-refractivity contribution >= 4 is 11.4 Å². The van der Waals surface area contributed by atoms with Crippen LogP contribution in [0.5, 0.6) is 5.75 Å². The largest absolute Gasteiger partial charge is 0.496 e. The van der Waals surface area contributed by atoms with Gasteiger partial charge in [0.05, 0.1) is 24.2 Å². The van der Waals surface area contributed by atoms with Gasteiger partial charge in [0, 0.05) is 31.4 Å². The number of hydrogen-bond donors (Lipinski definition) is 1. The van der Waals surface area contributed by atoms with Crippen LogP contribution in [0.4, 0.5) is 11.4 Å². The molecule has 0 aliphatic carbocycles. The number of methoxy groups -OCH3 is 1. The predicted molar refractivity (Wildman–Crippen MR) is 69.2 cm³/mol. The predicted octanol–water partition coefficient (Wildman–Crippen LogP) is 1.81. The Balaban J connectivity index is 2.93. The van der Waals surface area contributed by atoms with E-state index >= 15 is 0 Å². The number of nitro benzene ring substituents is 1. The summed E-state index contributed by atoms with van der Waals surface area (Å²) in [5, 5.41) is 20.0. The second kappa shape index (κ2) is 6.20. The number of benzene rings is 1. The van der Waals surface area contributed by atoms with Crippen LogP contribution < -0.4 is 9.64 Å². The second-order valence-electron chi connectivity index (χ2n) is 4.21. The number of ether oxygens (including phenoxy) is 1. The van der Waals surface area contributed by atoms with Gasteiger partial charge in [-0.2, -0.15) is 0 Å². The molecule has 0 aromatic heterocycles. The maximum absolute atomic E-state index is 10.8. The molecular formula is C12H18N2O4. The molecule has 0 aliphatic heterocycles. The molecule has 6 nitrogen and oxygen atoms in total. The molecule has 6 heteroatoms. The number of rotatable bonds is 6. The number of anilines is 1. The standard InChI is InChI=1S/C12H18N2O4/c1-9(15)4-5-13(2)10-6-11(14(16)17)8-12(7-10)18-3/h6-9,15H,4-5H2,1-3H3. The lowest BCUT2D eigenvalue weighted by Crippen LogP contribution is -2.21. The quantitative estimate of drug-likeness (QED) is 0.619. The fourth-order valence-corrected chi connectivity index (χ4v) is 1.52. The van der Waals surface area contributed by atoms with Crippen LogP contribution in [0.3, 0.4) is 0 Å². The van der Waals surface area contributed by atoms with Crippen molar-refractivity contribution in [3.05, 3.63) is 28.3 Å². The fraction of sp³-hybridized carbons (Fsp3) is 0.500. The van der Waals surface area contributed by atoms with Crippen LogP contribution in [0, 0.1) is 10.1 Å². The first-order valence-electron chi connectivity index (χ1n) is 5.66. The van der Waals surface area contributed by atoms with Gasteiger partial charge < -0.3 is 14.7 Å². The minimum atomic E-state index is -0.450. The van der Waals surface area contributed by atoms with Crippen molar-refractivity contribution in [2.24, 2.45) is 0 Å². The Hall–Kier alpha value is -1.82. The van der Waals surface area contributed by atoms with Crippen LogP contribution in [0.25, 0.3) is 0 Å². The topological polar surface area (TPSA) is 75.8 Å². The lowest BCUT2D eigenvalue weighted by molar-refractivity contribution is -0.384.